The minimum atomic E-state index is -2.87. The van der Waals surface area contributed by atoms with Crippen molar-refractivity contribution in [2.24, 2.45) is 0 Å². The van der Waals surface area contributed by atoms with Gasteiger partial charge >= 0.3 is 0 Å². The largest absolute Gasteiger partial charge is 0.359 e. The normalized spacial score (nSPS) is 11.9. The van der Waals surface area contributed by atoms with E-state index < -0.39 is 17.6 Å². The van der Waals surface area contributed by atoms with Crippen LogP contribution in [0, 0.1) is 11.6 Å². The van der Waals surface area contributed by atoms with Crippen LogP contribution < -0.4 is 0 Å². The Bertz CT molecular complexity index is 1440. The first-order valence-electron chi connectivity index (χ1n) is 10.9. The van der Waals surface area contributed by atoms with Gasteiger partial charge in [0.25, 0.3) is 5.92 Å². The van der Waals surface area contributed by atoms with Crippen molar-refractivity contribution >= 4 is 0 Å². The van der Waals surface area contributed by atoms with Crippen LogP contribution in [0.25, 0.3) is 34.0 Å². The Balaban J connectivity index is 1.35. The molecule has 2 aromatic carbocycles. The van der Waals surface area contributed by atoms with Gasteiger partial charge in [0.15, 0.2) is 23.2 Å². The molecule has 3 heterocycles. The summed E-state index contributed by atoms with van der Waals surface area (Å²) in [5.74, 6) is -4.32. The van der Waals surface area contributed by atoms with Crippen LogP contribution >= 0.6 is 0 Å². The van der Waals surface area contributed by atoms with E-state index in [1.165, 1.54) is 30.5 Å². The minimum Gasteiger partial charge on any atom is -0.359 e. The maximum absolute atomic E-state index is 14.1. The number of fused-ring (bicyclic) bond motifs is 1. The molecule has 1 aromatic heterocycles. The van der Waals surface area contributed by atoms with E-state index in [0.29, 0.717) is 34.8 Å². The summed E-state index contributed by atoms with van der Waals surface area (Å²) < 4.78 is 62.8. The standard InChI is InChI=1S/C25H19F4N5O/c1-2-10-25(28,29)16-8-6-15(7-9-16)20-11-17(35-33-20)13-34-14-22-21(12-30-34)31-24(32-22)18-4-3-5-19(26)23(18)27/h3-9,11-12,14H,2,10,13H2,1H3. The number of halogens is 4. The van der Waals surface area contributed by atoms with E-state index in [-0.39, 0.29) is 29.9 Å². The smallest absolute Gasteiger partial charge is 0.273 e. The molecule has 0 unspecified atom stereocenters. The maximum atomic E-state index is 14.1. The zero-order valence-electron chi connectivity index (χ0n) is 18.6. The predicted molar refractivity (Wildman–Crippen MR) is 120 cm³/mol. The number of nitrogens with zero attached hydrogens (tertiary/aromatic N) is 5. The molecule has 0 saturated carbocycles. The fourth-order valence-electron chi connectivity index (χ4n) is 3.77. The molecule has 0 radical (unpaired) electrons. The van der Waals surface area contributed by atoms with Crippen LogP contribution in [0.4, 0.5) is 17.6 Å². The molecule has 5 rings (SSSR count). The fraction of sp³-hybridized carbons (Fsp3) is 0.200. The number of hydrogen-bond acceptors (Lipinski definition) is 5. The second-order valence-corrected chi connectivity index (χ2v) is 8.10. The van der Waals surface area contributed by atoms with E-state index in [0.717, 1.165) is 6.07 Å². The lowest BCUT2D eigenvalue weighted by Gasteiger charge is -2.15. The number of benzene rings is 2. The number of alkyl halides is 2. The van der Waals surface area contributed by atoms with Crippen LogP contribution in [-0.4, -0.2) is 24.9 Å². The molecular formula is C25H19F4N5O. The third kappa shape index (κ3) is 4.51. The molecule has 0 N–H and O–H groups in total. The molecule has 6 nitrogen and oxygen atoms in total. The number of aromatic nitrogens is 5. The quantitative estimate of drug-likeness (QED) is 0.255. The van der Waals surface area contributed by atoms with Crippen LogP contribution in [0.3, 0.4) is 0 Å². The van der Waals surface area contributed by atoms with Crippen LogP contribution in [0.15, 0.2) is 65.4 Å². The molecule has 0 atom stereocenters. The number of hydrogen-bond donors (Lipinski definition) is 0. The first-order chi connectivity index (χ1) is 16.8. The maximum Gasteiger partial charge on any atom is 0.273 e. The summed E-state index contributed by atoms with van der Waals surface area (Å²) in [6.07, 6.45) is 3.25. The van der Waals surface area contributed by atoms with Gasteiger partial charge in [-0.2, -0.15) is 5.10 Å². The highest BCUT2D eigenvalue weighted by Gasteiger charge is 2.30. The third-order valence-corrected chi connectivity index (χ3v) is 5.55. The summed E-state index contributed by atoms with van der Waals surface area (Å²) in [6, 6.07) is 11.5. The molecule has 0 fully saturated rings. The highest BCUT2D eigenvalue weighted by Crippen LogP contribution is 2.34. The van der Waals surface area contributed by atoms with Crippen LogP contribution in [0.1, 0.15) is 31.1 Å². The van der Waals surface area contributed by atoms with Gasteiger partial charge in [-0.3, -0.25) is 4.68 Å². The predicted octanol–water partition coefficient (Wildman–Crippen LogP) is 6.32. The molecule has 3 aromatic rings. The van der Waals surface area contributed by atoms with Gasteiger partial charge in [-0.25, -0.2) is 27.5 Å². The Labute approximate surface area is 197 Å². The van der Waals surface area contributed by atoms with Crippen molar-refractivity contribution in [3.05, 3.63) is 83.9 Å². The Hall–Kier alpha value is -4.08. The summed E-state index contributed by atoms with van der Waals surface area (Å²) in [5, 5.41) is 8.29. The Morgan fingerprint density at radius 2 is 1.74 bits per heavy atom. The monoisotopic (exact) mass is 481 g/mol. The highest BCUT2D eigenvalue weighted by molar-refractivity contribution is 5.65. The van der Waals surface area contributed by atoms with E-state index in [4.69, 9.17) is 4.52 Å². The van der Waals surface area contributed by atoms with E-state index in [9.17, 15) is 17.6 Å². The van der Waals surface area contributed by atoms with Gasteiger partial charge in [-0.05, 0) is 12.1 Å². The average Bonchev–Trinajstić information content (AvgIpc) is 3.48. The van der Waals surface area contributed by atoms with Crippen molar-refractivity contribution in [2.75, 3.05) is 0 Å². The summed E-state index contributed by atoms with van der Waals surface area (Å²) in [5.41, 5.74) is 1.96. The van der Waals surface area contributed by atoms with Crippen molar-refractivity contribution in [2.45, 2.75) is 32.2 Å². The zero-order chi connectivity index (χ0) is 24.6. The topological polar surface area (TPSA) is 69.6 Å². The Morgan fingerprint density at radius 1 is 0.971 bits per heavy atom. The van der Waals surface area contributed by atoms with Gasteiger partial charge in [0.05, 0.1) is 18.0 Å². The summed E-state index contributed by atoms with van der Waals surface area (Å²) in [4.78, 5) is 8.52. The van der Waals surface area contributed by atoms with Crippen molar-refractivity contribution in [3.8, 4) is 34.0 Å². The number of imidazole rings is 1. The molecule has 0 aliphatic carbocycles. The first-order valence-corrected chi connectivity index (χ1v) is 10.9. The lowest BCUT2D eigenvalue weighted by atomic mass is 10.0. The molecule has 0 bridgehead atoms. The molecule has 10 heteroatoms. The van der Waals surface area contributed by atoms with Crippen molar-refractivity contribution in [3.63, 3.8) is 0 Å². The molecule has 0 amide bonds. The van der Waals surface area contributed by atoms with Crippen molar-refractivity contribution in [1.29, 1.82) is 0 Å². The fourth-order valence-corrected chi connectivity index (χ4v) is 3.77. The average molecular weight is 481 g/mol. The van der Waals surface area contributed by atoms with Gasteiger partial charge in [0.1, 0.15) is 23.6 Å². The number of rotatable bonds is 7. The van der Waals surface area contributed by atoms with E-state index in [2.05, 4.69) is 20.2 Å². The van der Waals surface area contributed by atoms with Crippen molar-refractivity contribution < 1.29 is 22.1 Å². The van der Waals surface area contributed by atoms with Gasteiger partial charge in [-0.15, -0.1) is 0 Å². The Morgan fingerprint density at radius 3 is 2.51 bits per heavy atom. The minimum absolute atomic E-state index is 0.0341. The lowest BCUT2D eigenvalue weighted by Crippen LogP contribution is -2.12. The Kier molecular flexibility index (Phi) is 5.80. The molecular weight excluding hydrogens is 462 g/mol. The molecule has 2 aliphatic heterocycles. The molecule has 2 aliphatic rings. The molecule has 0 spiro atoms. The zero-order valence-corrected chi connectivity index (χ0v) is 18.6. The molecule has 0 saturated heterocycles. The lowest BCUT2D eigenvalue weighted by molar-refractivity contribution is -0.0140. The van der Waals surface area contributed by atoms with Crippen molar-refractivity contribution in [1.82, 2.24) is 24.9 Å². The summed E-state index contributed by atoms with van der Waals surface area (Å²) in [7, 11) is 0. The van der Waals surface area contributed by atoms with Crippen LogP contribution in [0.5, 0.6) is 0 Å². The van der Waals surface area contributed by atoms with E-state index in [1.807, 2.05) is 0 Å². The highest BCUT2D eigenvalue weighted by atomic mass is 19.3. The third-order valence-electron chi connectivity index (χ3n) is 5.55. The van der Waals surface area contributed by atoms with Crippen LogP contribution in [-0.2, 0) is 12.5 Å². The SMILES string of the molecule is CCCC(F)(F)c1ccc(-c2cc(Cn3cc4nc(-c5cccc(F)c5F)nc-4cn3)on2)cc1. The summed E-state index contributed by atoms with van der Waals surface area (Å²) >= 11 is 0. The second-order valence-electron chi connectivity index (χ2n) is 8.10. The van der Waals surface area contributed by atoms with Gasteiger partial charge in [-0.1, -0.05) is 48.8 Å². The van der Waals surface area contributed by atoms with Crippen LogP contribution in [0.2, 0.25) is 0 Å². The second kappa shape index (κ2) is 8.94. The first kappa shape index (κ1) is 22.7. The van der Waals surface area contributed by atoms with E-state index >= 15 is 0 Å². The molecule has 35 heavy (non-hydrogen) atoms. The van der Waals surface area contributed by atoms with Gasteiger partial charge in [0, 0.05) is 23.6 Å². The summed E-state index contributed by atoms with van der Waals surface area (Å²) in [6.45, 7) is 1.93. The van der Waals surface area contributed by atoms with E-state index in [1.54, 1.807) is 36.0 Å². The van der Waals surface area contributed by atoms with Gasteiger partial charge in [0.2, 0.25) is 0 Å². The van der Waals surface area contributed by atoms with Gasteiger partial charge < -0.3 is 4.52 Å². The molecule has 178 valence electrons.